The molecule has 0 aliphatic rings. The van der Waals surface area contributed by atoms with Gasteiger partial charge in [-0.2, -0.15) is 0 Å². The van der Waals surface area contributed by atoms with Gasteiger partial charge in [0.15, 0.2) is 0 Å². The summed E-state index contributed by atoms with van der Waals surface area (Å²) >= 11 is 0. The van der Waals surface area contributed by atoms with Crippen LogP contribution in [0.25, 0.3) is 0 Å². The maximum Gasteiger partial charge on any atom is 0.105 e. The van der Waals surface area contributed by atoms with Crippen LogP contribution in [0.4, 0.5) is 0 Å². The molecule has 0 aliphatic carbocycles. The fraction of sp³-hybridized carbons (Fsp3) is 0.438. The Bertz CT molecular complexity index is 481. The Labute approximate surface area is 120 Å². The van der Waals surface area contributed by atoms with E-state index in [0.717, 1.165) is 45.1 Å². The Morgan fingerprint density at radius 3 is 2.80 bits per heavy atom. The van der Waals surface area contributed by atoms with Crippen LogP contribution in [0.15, 0.2) is 42.7 Å². The molecule has 0 spiro atoms. The topological polar surface area (TPSA) is 39.1 Å². The van der Waals surface area contributed by atoms with Crippen LogP contribution in [0.1, 0.15) is 17.8 Å². The van der Waals surface area contributed by atoms with Gasteiger partial charge in [0.25, 0.3) is 0 Å². The van der Waals surface area contributed by atoms with Gasteiger partial charge < -0.3 is 14.6 Å². The van der Waals surface area contributed by atoms with Crippen molar-refractivity contribution in [2.45, 2.75) is 26.4 Å². The summed E-state index contributed by atoms with van der Waals surface area (Å²) in [7, 11) is 0. The van der Waals surface area contributed by atoms with Crippen LogP contribution in [-0.2, 0) is 17.8 Å². The van der Waals surface area contributed by atoms with Crippen molar-refractivity contribution in [2.24, 2.45) is 0 Å². The van der Waals surface area contributed by atoms with Crippen LogP contribution in [0.5, 0.6) is 0 Å². The Balaban J connectivity index is 1.45. The first-order valence-corrected chi connectivity index (χ1v) is 7.16. The summed E-state index contributed by atoms with van der Waals surface area (Å²) in [5.41, 5.74) is 1.32. The van der Waals surface area contributed by atoms with E-state index in [-0.39, 0.29) is 0 Å². The van der Waals surface area contributed by atoms with Crippen molar-refractivity contribution >= 4 is 0 Å². The Morgan fingerprint density at radius 1 is 1.20 bits per heavy atom. The molecule has 1 heterocycles. The van der Waals surface area contributed by atoms with E-state index in [0.29, 0.717) is 0 Å². The molecule has 1 N–H and O–H groups in total. The first-order valence-electron chi connectivity index (χ1n) is 7.16. The smallest absolute Gasteiger partial charge is 0.105 e. The highest BCUT2D eigenvalue weighted by atomic mass is 16.5. The number of aryl methyl sites for hydroxylation is 1. The zero-order valence-corrected chi connectivity index (χ0v) is 12.1. The molecule has 4 nitrogen and oxygen atoms in total. The van der Waals surface area contributed by atoms with Crippen LogP contribution in [0.2, 0.25) is 0 Å². The van der Waals surface area contributed by atoms with Gasteiger partial charge in [0.2, 0.25) is 0 Å². The summed E-state index contributed by atoms with van der Waals surface area (Å²) in [4.78, 5) is 4.18. The molecule has 4 heteroatoms. The van der Waals surface area contributed by atoms with E-state index < -0.39 is 0 Å². The van der Waals surface area contributed by atoms with Gasteiger partial charge >= 0.3 is 0 Å². The minimum atomic E-state index is 0.746. The first-order chi connectivity index (χ1) is 9.86. The van der Waals surface area contributed by atoms with E-state index in [2.05, 4.69) is 39.1 Å². The number of hydrogen-bond donors (Lipinski definition) is 1. The molecule has 2 rings (SSSR count). The fourth-order valence-electron chi connectivity index (χ4n) is 2.03. The minimum Gasteiger partial charge on any atom is -0.380 e. The largest absolute Gasteiger partial charge is 0.380 e. The fourth-order valence-corrected chi connectivity index (χ4v) is 2.03. The van der Waals surface area contributed by atoms with E-state index in [1.54, 1.807) is 0 Å². The maximum atomic E-state index is 5.63. The van der Waals surface area contributed by atoms with Crippen molar-refractivity contribution in [3.63, 3.8) is 0 Å². The number of imidazole rings is 1. The third kappa shape index (κ3) is 5.15. The summed E-state index contributed by atoms with van der Waals surface area (Å²) in [6.45, 7) is 6.34. The number of nitrogens with zero attached hydrogens (tertiary/aromatic N) is 2. The van der Waals surface area contributed by atoms with E-state index in [9.17, 15) is 0 Å². The molecule has 1 aromatic heterocycles. The molecule has 0 atom stereocenters. The van der Waals surface area contributed by atoms with Crippen LogP contribution in [0.3, 0.4) is 0 Å². The summed E-state index contributed by atoms with van der Waals surface area (Å²) in [6, 6.07) is 10.4. The molecular formula is C16H23N3O. The first kappa shape index (κ1) is 14.8. The summed E-state index contributed by atoms with van der Waals surface area (Å²) < 4.78 is 7.73. The molecule has 1 aromatic carbocycles. The summed E-state index contributed by atoms with van der Waals surface area (Å²) in [5.74, 6) is 1.04. The number of ether oxygens (including phenoxy) is 1. The lowest BCUT2D eigenvalue weighted by Crippen LogP contribution is -2.17. The second-order valence-electron chi connectivity index (χ2n) is 4.80. The van der Waals surface area contributed by atoms with Crippen molar-refractivity contribution in [1.29, 1.82) is 0 Å². The standard InChI is InChI=1S/C16H23N3O/c1-15-18-9-10-19(15)11-13-20-12-5-8-17-14-16-6-3-2-4-7-16/h2-4,6-7,9-10,17H,5,8,11-14H2,1H3. The van der Waals surface area contributed by atoms with Gasteiger partial charge in [-0.05, 0) is 25.5 Å². The Kier molecular flexibility index (Phi) is 6.27. The highest BCUT2D eigenvalue weighted by Gasteiger charge is 1.96. The van der Waals surface area contributed by atoms with Crippen LogP contribution in [0, 0.1) is 6.92 Å². The molecule has 2 aromatic rings. The van der Waals surface area contributed by atoms with E-state index >= 15 is 0 Å². The number of benzene rings is 1. The lowest BCUT2D eigenvalue weighted by atomic mass is 10.2. The predicted octanol–water partition coefficient (Wildman–Crippen LogP) is 2.39. The van der Waals surface area contributed by atoms with Gasteiger partial charge in [-0.1, -0.05) is 30.3 Å². The number of nitrogens with one attached hydrogen (secondary N) is 1. The third-order valence-electron chi connectivity index (χ3n) is 3.21. The van der Waals surface area contributed by atoms with Crippen molar-refractivity contribution in [1.82, 2.24) is 14.9 Å². The van der Waals surface area contributed by atoms with Gasteiger partial charge in [0.05, 0.1) is 6.61 Å². The monoisotopic (exact) mass is 273 g/mol. The normalized spacial score (nSPS) is 10.8. The summed E-state index contributed by atoms with van der Waals surface area (Å²) in [6.07, 6.45) is 4.85. The minimum absolute atomic E-state index is 0.746. The van der Waals surface area contributed by atoms with Gasteiger partial charge in [-0.15, -0.1) is 0 Å². The molecule has 0 saturated heterocycles. The lowest BCUT2D eigenvalue weighted by molar-refractivity contribution is 0.123. The van der Waals surface area contributed by atoms with Crippen molar-refractivity contribution < 1.29 is 4.74 Å². The average molecular weight is 273 g/mol. The van der Waals surface area contributed by atoms with E-state index in [1.807, 2.05) is 25.4 Å². The Hall–Kier alpha value is -1.65. The van der Waals surface area contributed by atoms with E-state index in [1.165, 1.54) is 5.56 Å². The maximum absolute atomic E-state index is 5.63. The molecular weight excluding hydrogens is 250 g/mol. The van der Waals surface area contributed by atoms with Crippen molar-refractivity contribution in [3.05, 3.63) is 54.1 Å². The summed E-state index contributed by atoms with van der Waals surface area (Å²) in [5, 5.41) is 3.42. The zero-order valence-electron chi connectivity index (χ0n) is 12.1. The third-order valence-corrected chi connectivity index (χ3v) is 3.21. The second kappa shape index (κ2) is 8.51. The molecule has 20 heavy (non-hydrogen) atoms. The number of aromatic nitrogens is 2. The predicted molar refractivity (Wildman–Crippen MR) is 80.5 cm³/mol. The van der Waals surface area contributed by atoms with Gasteiger partial charge in [-0.3, -0.25) is 0 Å². The van der Waals surface area contributed by atoms with Gasteiger partial charge in [-0.25, -0.2) is 4.98 Å². The van der Waals surface area contributed by atoms with Crippen LogP contribution < -0.4 is 5.32 Å². The lowest BCUT2D eigenvalue weighted by Gasteiger charge is -2.07. The van der Waals surface area contributed by atoms with Gasteiger partial charge in [0.1, 0.15) is 5.82 Å². The molecule has 0 bridgehead atoms. The quantitative estimate of drug-likeness (QED) is 0.713. The van der Waals surface area contributed by atoms with Crippen molar-refractivity contribution in [2.75, 3.05) is 19.8 Å². The highest BCUT2D eigenvalue weighted by Crippen LogP contribution is 1.97. The number of rotatable bonds is 9. The molecule has 0 radical (unpaired) electrons. The zero-order chi connectivity index (χ0) is 14.0. The molecule has 0 amide bonds. The Morgan fingerprint density at radius 2 is 2.05 bits per heavy atom. The van der Waals surface area contributed by atoms with Crippen LogP contribution >= 0.6 is 0 Å². The molecule has 0 saturated carbocycles. The highest BCUT2D eigenvalue weighted by molar-refractivity contribution is 5.14. The van der Waals surface area contributed by atoms with Crippen molar-refractivity contribution in [3.8, 4) is 0 Å². The van der Waals surface area contributed by atoms with E-state index in [4.69, 9.17) is 4.74 Å². The van der Waals surface area contributed by atoms with Gasteiger partial charge in [0, 0.05) is 32.1 Å². The molecule has 0 unspecified atom stereocenters. The molecule has 0 aliphatic heterocycles. The SMILES string of the molecule is Cc1nccn1CCOCCCNCc1ccccc1. The number of hydrogen-bond acceptors (Lipinski definition) is 3. The molecule has 0 fully saturated rings. The molecule has 108 valence electrons. The van der Waals surface area contributed by atoms with Crippen LogP contribution in [-0.4, -0.2) is 29.3 Å². The average Bonchev–Trinajstić information content (AvgIpc) is 2.88. The second-order valence-corrected chi connectivity index (χ2v) is 4.80.